The number of amides is 1. The highest BCUT2D eigenvalue weighted by Crippen LogP contribution is 2.39. The lowest BCUT2D eigenvalue weighted by Gasteiger charge is -2.39. The highest BCUT2D eigenvalue weighted by atomic mass is 16.2. The number of carbonyl (C=O) groups is 1. The van der Waals surface area contributed by atoms with Crippen LogP contribution < -0.4 is 15.5 Å². The largest absolute Gasteiger partial charge is 0.316 e. The summed E-state index contributed by atoms with van der Waals surface area (Å²) in [6, 6.07) is 15.5. The zero-order valence-corrected chi connectivity index (χ0v) is 15.5. The smallest absolute Gasteiger partial charge is 0.224 e. The number of nitrogens with zero attached hydrogens (tertiary/aromatic N) is 1. The Labute approximate surface area is 150 Å². The molecule has 4 nitrogen and oxygen atoms in total. The molecule has 0 aliphatic carbocycles. The van der Waals surface area contributed by atoms with Crippen molar-refractivity contribution in [3.8, 4) is 11.1 Å². The molecule has 3 rings (SSSR count). The van der Waals surface area contributed by atoms with Gasteiger partial charge < -0.3 is 15.5 Å². The van der Waals surface area contributed by atoms with Crippen molar-refractivity contribution in [2.45, 2.75) is 38.9 Å². The molecule has 0 spiro atoms. The van der Waals surface area contributed by atoms with Crippen LogP contribution in [0.15, 0.2) is 42.5 Å². The third-order valence-corrected chi connectivity index (χ3v) is 5.04. The van der Waals surface area contributed by atoms with Gasteiger partial charge in [-0.05, 0) is 61.8 Å². The Morgan fingerprint density at radius 1 is 1.12 bits per heavy atom. The minimum Gasteiger partial charge on any atom is -0.316 e. The Hall–Kier alpha value is -2.17. The maximum Gasteiger partial charge on any atom is 0.224 e. The van der Waals surface area contributed by atoms with Crippen LogP contribution in [0.5, 0.6) is 0 Å². The monoisotopic (exact) mass is 337 g/mol. The predicted octanol–water partition coefficient (Wildman–Crippen LogP) is 3.48. The fourth-order valence-electron chi connectivity index (χ4n) is 3.82. The molecule has 2 atom stereocenters. The molecule has 1 heterocycles. The highest BCUT2D eigenvalue weighted by Gasteiger charge is 2.31. The lowest BCUT2D eigenvalue weighted by Crippen LogP contribution is -2.44. The zero-order chi connectivity index (χ0) is 18.0. The lowest BCUT2D eigenvalue weighted by molar-refractivity contribution is -0.117. The van der Waals surface area contributed by atoms with Crippen molar-refractivity contribution in [3.63, 3.8) is 0 Å². The van der Waals surface area contributed by atoms with Gasteiger partial charge in [0.15, 0.2) is 0 Å². The molecule has 132 valence electrons. The molecule has 0 bridgehead atoms. The second-order valence-corrected chi connectivity index (χ2v) is 6.82. The number of rotatable bonds is 4. The van der Waals surface area contributed by atoms with Crippen molar-refractivity contribution in [1.82, 2.24) is 10.6 Å². The van der Waals surface area contributed by atoms with E-state index in [0.29, 0.717) is 0 Å². The second-order valence-electron chi connectivity index (χ2n) is 6.82. The van der Waals surface area contributed by atoms with Gasteiger partial charge in [-0.25, -0.2) is 0 Å². The molecule has 0 radical (unpaired) electrons. The maximum atomic E-state index is 12.1. The van der Waals surface area contributed by atoms with Gasteiger partial charge in [-0.1, -0.05) is 30.3 Å². The minimum absolute atomic E-state index is 0.104. The van der Waals surface area contributed by atoms with Gasteiger partial charge in [0.1, 0.15) is 0 Å². The van der Waals surface area contributed by atoms with E-state index in [0.717, 1.165) is 18.7 Å². The molecular weight excluding hydrogens is 310 g/mol. The van der Waals surface area contributed by atoms with Crippen LogP contribution in [-0.4, -0.2) is 26.0 Å². The van der Waals surface area contributed by atoms with E-state index in [2.05, 4.69) is 60.0 Å². The Morgan fingerprint density at radius 3 is 2.40 bits per heavy atom. The number of hydrogen-bond acceptors (Lipinski definition) is 3. The first-order chi connectivity index (χ1) is 12.0. The van der Waals surface area contributed by atoms with Crippen molar-refractivity contribution >= 4 is 11.6 Å². The number of carbonyl (C=O) groups excluding carboxylic acids is 1. The topological polar surface area (TPSA) is 44.4 Å². The predicted molar refractivity (Wildman–Crippen MR) is 104 cm³/mol. The van der Waals surface area contributed by atoms with Gasteiger partial charge in [-0.15, -0.1) is 0 Å². The van der Waals surface area contributed by atoms with Crippen LogP contribution in [0.3, 0.4) is 0 Å². The van der Waals surface area contributed by atoms with Crippen LogP contribution in [-0.2, 0) is 11.3 Å². The van der Waals surface area contributed by atoms with Crippen LogP contribution in [0, 0.1) is 0 Å². The van der Waals surface area contributed by atoms with Crippen LogP contribution in [0.2, 0.25) is 0 Å². The average molecular weight is 337 g/mol. The van der Waals surface area contributed by atoms with Crippen LogP contribution in [0.4, 0.5) is 5.69 Å². The van der Waals surface area contributed by atoms with Crippen molar-refractivity contribution in [2.75, 3.05) is 19.0 Å². The maximum absolute atomic E-state index is 12.1. The summed E-state index contributed by atoms with van der Waals surface area (Å²) < 4.78 is 0. The number of hydrogen-bond donors (Lipinski definition) is 2. The molecular formula is C21H27N3O. The first kappa shape index (κ1) is 17.6. The molecule has 0 fully saturated rings. The minimum atomic E-state index is 0.104. The first-order valence-corrected chi connectivity index (χ1v) is 8.90. The van der Waals surface area contributed by atoms with Crippen molar-refractivity contribution in [1.29, 1.82) is 0 Å². The molecule has 2 aromatic carbocycles. The fraction of sp³-hybridized carbons (Fsp3) is 0.381. The van der Waals surface area contributed by atoms with E-state index >= 15 is 0 Å². The summed E-state index contributed by atoms with van der Waals surface area (Å²) in [5.41, 5.74) is 5.89. The number of nitrogens with one attached hydrogen (secondary N) is 2. The summed E-state index contributed by atoms with van der Waals surface area (Å²) in [4.78, 5) is 14.0. The average Bonchev–Trinajstić information content (AvgIpc) is 2.61. The SMILES string of the molecule is CNCc1ccc(-c2ccc3c(c2)C(NC)CC(C)N3C(C)=O)cc1. The number of benzene rings is 2. The Kier molecular flexibility index (Phi) is 5.21. The summed E-state index contributed by atoms with van der Waals surface area (Å²) in [6.07, 6.45) is 0.924. The molecule has 2 unspecified atom stereocenters. The lowest BCUT2D eigenvalue weighted by atomic mass is 9.89. The third-order valence-electron chi connectivity index (χ3n) is 5.04. The summed E-state index contributed by atoms with van der Waals surface area (Å²) in [7, 11) is 3.95. The molecule has 25 heavy (non-hydrogen) atoms. The quantitative estimate of drug-likeness (QED) is 0.898. The van der Waals surface area contributed by atoms with E-state index in [1.165, 1.54) is 22.3 Å². The van der Waals surface area contributed by atoms with E-state index in [4.69, 9.17) is 0 Å². The molecule has 1 amide bonds. The van der Waals surface area contributed by atoms with Crippen LogP contribution >= 0.6 is 0 Å². The Bertz CT molecular complexity index is 754. The van der Waals surface area contributed by atoms with E-state index in [-0.39, 0.29) is 18.0 Å². The van der Waals surface area contributed by atoms with Gasteiger partial charge in [-0.3, -0.25) is 4.79 Å². The third kappa shape index (κ3) is 3.46. The van der Waals surface area contributed by atoms with Gasteiger partial charge >= 0.3 is 0 Å². The summed E-state index contributed by atoms with van der Waals surface area (Å²) >= 11 is 0. The fourth-order valence-corrected chi connectivity index (χ4v) is 3.82. The van der Waals surface area contributed by atoms with Gasteiger partial charge in [0.05, 0.1) is 0 Å². The molecule has 4 heteroatoms. The van der Waals surface area contributed by atoms with E-state index in [1.807, 2.05) is 19.0 Å². The van der Waals surface area contributed by atoms with Gasteiger partial charge in [0, 0.05) is 31.2 Å². The first-order valence-electron chi connectivity index (χ1n) is 8.90. The highest BCUT2D eigenvalue weighted by molar-refractivity contribution is 5.94. The van der Waals surface area contributed by atoms with Gasteiger partial charge in [0.2, 0.25) is 5.91 Å². The van der Waals surface area contributed by atoms with Crippen molar-refractivity contribution < 1.29 is 4.79 Å². The van der Waals surface area contributed by atoms with E-state index in [9.17, 15) is 4.79 Å². The molecule has 2 N–H and O–H groups in total. The number of fused-ring (bicyclic) bond motifs is 1. The van der Waals surface area contributed by atoms with E-state index in [1.54, 1.807) is 6.92 Å². The van der Waals surface area contributed by atoms with Crippen molar-refractivity contribution in [3.05, 3.63) is 53.6 Å². The van der Waals surface area contributed by atoms with Gasteiger partial charge in [0.25, 0.3) is 0 Å². The van der Waals surface area contributed by atoms with Crippen LogP contribution in [0.1, 0.15) is 37.4 Å². The molecule has 1 aliphatic heterocycles. The zero-order valence-electron chi connectivity index (χ0n) is 15.5. The molecule has 0 saturated carbocycles. The molecule has 0 aromatic heterocycles. The van der Waals surface area contributed by atoms with E-state index < -0.39 is 0 Å². The van der Waals surface area contributed by atoms with Gasteiger partial charge in [-0.2, -0.15) is 0 Å². The molecule has 1 aliphatic rings. The molecule has 0 saturated heterocycles. The Morgan fingerprint density at radius 2 is 1.80 bits per heavy atom. The summed E-state index contributed by atoms with van der Waals surface area (Å²) in [5, 5.41) is 6.58. The Balaban J connectivity index is 2.01. The summed E-state index contributed by atoms with van der Waals surface area (Å²) in [5.74, 6) is 0.104. The molecule has 2 aromatic rings. The van der Waals surface area contributed by atoms with Crippen LogP contribution in [0.25, 0.3) is 11.1 Å². The standard InChI is InChI=1S/C21H27N3O/c1-14-11-20(23-4)19-12-18(9-10-21(19)24(14)15(2)25)17-7-5-16(6-8-17)13-22-3/h5-10,12,14,20,22-23H,11,13H2,1-4H3. The normalized spacial score (nSPS) is 19.6. The second kappa shape index (κ2) is 7.38. The summed E-state index contributed by atoms with van der Waals surface area (Å²) in [6.45, 7) is 4.63. The number of anilines is 1. The van der Waals surface area contributed by atoms with Crippen molar-refractivity contribution in [2.24, 2.45) is 0 Å².